The fraction of sp³-hybridized carbons (Fsp3) is 0.375. The van der Waals surface area contributed by atoms with Crippen molar-refractivity contribution in [3.8, 4) is 10.4 Å². The minimum absolute atomic E-state index is 0.254. The van der Waals surface area contributed by atoms with Crippen LogP contribution < -0.4 is 21.7 Å². The quantitative estimate of drug-likeness (QED) is 0.330. The van der Waals surface area contributed by atoms with Gasteiger partial charge in [0.15, 0.2) is 0 Å². The Bertz CT molecular complexity index is 1290. The number of hydrogen-bond acceptors (Lipinski definition) is 7. The average Bonchev–Trinajstić information content (AvgIpc) is 3.35. The summed E-state index contributed by atoms with van der Waals surface area (Å²) >= 11 is 1.33. The summed E-state index contributed by atoms with van der Waals surface area (Å²) in [6.07, 6.45) is 2.09. The van der Waals surface area contributed by atoms with Gasteiger partial charge < -0.3 is 21.7 Å². The SMILES string of the molecule is CCNC(=O)Nc1cc(Nc2nccc(C(F)(F)F)n2)cc(-c2cnc(C3(C(N)=O)CCCCC3)s2)c1. The summed E-state index contributed by atoms with van der Waals surface area (Å²) in [5.74, 6) is -0.653. The van der Waals surface area contributed by atoms with Crippen LogP contribution in [-0.4, -0.2) is 33.4 Å². The van der Waals surface area contributed by atoms with Crippen molar-refractivity contribution in [2.75, 3.05) is 17.2 Å². The fourth-order valence-electron chi connectivity index (χ4n) is 4.31. The van der Waals surface area contributed by atoms with Crippen molar-refractivity contribution in [1.82, 2.24) is 20.3 Å². The number of benzene rings is 1. The van der Waals surface area contributed by atoms with Crippen molar-refractivity contribution in [1.29, 1.82) is 0 Å². The van der Waals surface area contributed by atoms with Gasteiger partial charge >= 0.3 is 12.2 Å². The first-order valence-corrected chi connectivity index (χ1v) is 12.6. The molecule has 0 spiro atoms. The maximum absolute atomic E-state index is 13.1. The molecule has 2 aromatic heterocycles. The Labute approximate surface area is 215 Å². The Balaban J connectivity index is 1.71. The lowest BCUT2D eigenvalue weighted by Gasteiger charge is -2.32. The molecule has 37 heavy (non-hydrogen) atoms. The van der Waals surface area contributed by atoms with Crippen molar-refractivity contribution in [3.05, 3.63) is 47.4 Å². The third-order valence-electron chi connectivity index (χ3n) is 6.11. The molecule has 196 valence electrons. The zero-order valence-electron chi connectivity index (χ0n) is 20.0. The smallest absolute Gasteiger partial charge is 0.369 e. The lowest BCUT2D eigenvalue weighted by atomic mass is 9.74. The molecular formula is C24H26F3N7O2S. The highest BCUT2D eigenvalue weighted by Crippen LogP contribution is 2.43. The second kappa shape index (κ2) is 10.7. The largest absolute Gasteiger partial charge is 0.433 e. The number of aromatic nitrogens is 3. The zero-order valence-corrected chi connectivity index (χ0v) is 20.8. The van der Waals surface area contributed by atoms with E-state index in [1.807, 2.05) is 0 Å². The third-order valence-corrected chi connectivity index (χ3v) is 7.36. The Morgan fingerprint density at radius 1 is 1.11 bits per heavy atom. The van der Waals surface area contributed by atoms with Gasteiger partial charge in [-0.05, 0) is 49.6 Å². The lowest BCUT2D eigenvalue weighted by Crippen LogP contribution is -2.42. The molecule has 0 unspecified atom stereocenters. The molecule has 4 rings (SSSR count). The molecule has 13 heteroatoms. The van der Waals surface area contributed by atoms with E-state index >= 15 is 0 Å². The molecule has 3 aromatic rings. The molecule has 1 aromatic carbocycles. The van der Waals surface area contributed by atoms with Crippen molar-refractivity contribution < 1.29 is 22.8 Å². The van der Waals surface area contributed by atoms with Crippen LogP contribution in [0, 0.1) is 0 Å². The van der Waals surface area contributed by atoms with E-state index in [0.29, 0.717) is 46.2 Å². The lowest BCUT2D eigenvalue weighted by molar-refractivity contribution is -0.141. The van der Waals surface area contributed by atoms with Gasteiger partial charge in [-0.2, -0.15) is 13.2 Å². The van der Waals surface area contributed by atoms with Crippen molar-refractivity contribution in [2.24, 2.45) is 5.73 Å². The van der Waals surface area contributed by atoms with E-state index in [9.17, 15) is 22.8 Å². The molecule has 0 bridgehead atoms. The zero-order chi connectivity index (χ0) is 26.6. The maximum atomic E-state index is 13.1. The number of halogens is 3. The first kappa shape index (κ1) is 26.3. The van der Waals surface area contributed by atoms with Crippen LogP contribution in [0.5, 0.6) is 0 Å². The average molecular weight is 534 g/mol. The van der Waals surface area contributed by atoms with E-state index in [4.69, 9.17) is 5.73 Å². The molecule has 0 atom stereocenters. The summed E-state index contributed by atoms with van der Waals surface area (Å²) < 4.78 is 39.3. The minimum atomic E-state index is -4.62. The standard InChI is InChI=1S/C24H26F3N7O2S/c1-2-29-22(36)33-16-11-14(10-15(12-16)32-21-30-9-6-18(34-21)24(25,26)27)17-13-31-20(37-17)23(19(28)35)7-4-3-5-8-23/h6,9-13H,2-5,7-8H2,1H3,(H2,28,35)(H2,29,33,36)(H,30,32,34). The summed E-state index contributed by atoms with van der Waals surface area (Å²) in [5, 5.41) is 8.76. The predicted molar refractivity (Wildman–Crippen MR) is 135 cm³/mol. The highest BCUT2D eigenvalue weighted by molar-refractivity contribution is 7.15. The van der Waals surface area contributed by atoms with E-state index < -0.39 is 29.2 Å². The van der Waals surface area contributed by atoms with Crippen molar-refractivity contribution >= 4 is 40.6 Å². The van der Waals surface area contributed by atoms with E-state index in [0.717, 1.165) is 31.5 Å². The molecular weight excluding hydrogens is 507 g/mol. The van der Waals surface area contributed by atoms with Crippen LogP contribution >= 0.6 is 11.3 Å². The van der Waals surface area contributed by atoms with Gasteiger partial charge in [0, 0.05) is 30.3 Å². The highest BCUT2D eigenvalue weighted by Gasteiger charge is 2.42. The summed E-state index contributed by atoms with van der Waals surface area (Å²) in [5.41, 5.74) is 5.27. The number of nitrogens with one attached hydrogen (secondary N) is 3. The number of primary amides is 1. The number of thiazole rings is 1. The topological polar surface area (TPSA) is 135 Å². The summed E-state index contributed by atoms with van der Waals surface area (Å²) in [6.45, 7) is 2.18. The van der Waals surface area contributed by atoms with E-state index in [2.05, 4.69) is 30.9 Å². The molecule has 1 aliphatic carbocycles. The van der Waals surface area contributed by atoms with Crippen LogP contribution in [0.2, 0.25) is 0 Å². The van der Waals surface area contributed by atoms with Gasteiger partial charge in [-0.25, -0.2) is 19.7 Å². The predicted octanol–water partition coefficient (Wildman–Crippen LogP) is 5.19. The molecule has 1 fully saturated rings. The van der Waals surface area contributed by atoms with Crippen molar-refractivity contribution in [3.63, 3.8) is 0 Å². The van der Waals surface area contributed by atoms with Gasteiger partial charge in [0.25, 0.3) is 0 Å². The molecule has 9 nitrogen and oxygen atoms in total. The molecule has 0 aliphatic heterocycles. The van der Waals surface area contributed by atoms with E-state index in [-0.39, 0.29) is 5.95 Å². The number of carbonyl (C=O) groups excluding carboxylic acids is 2. The second-order valence-corrected chi connectivity index (χ2v) is 9.74. The van der Waals surface area contributed by atoms with E-state index in [1.165, 1.54) is 11.3 Å². The van der Waals surface area contributed by atoms with Gasteiger partial charge in [0.1, 0.15) is 16.1 Å². The van der Waals surface area contributed by atoms with E-state index in [1.54, 1.807) is 31.3 Å². The fourth-order valence-corrected chi connectivity index (χ4v) is 5.46. The molecule has 0 radical (unpaired) electrons. The number of anilines is 3. The first-order valence-electron chi connectivity index (χ1n) is 11.7. The summed E-state index contributed by atoms with van der Waals surface area (Å²) in [4.78, 5) is 37.3. The minimum Gasteiger partial charge on any atom is -0.369 e. The monoisotopic (exact) mass is 533 g/mol. The van der Waals surface area contributed by atoms with Crippen molar-refractivity contribution in [2.45, 2.75) is 50.6 Å². The number of nitrogens with zero attached hydrogens (tertiary/aromatic N) is 3. The Hall–Kier alpha value is -3.74. The molecule has 1 saturated carbocycles. The second-order valence-electron chi connectivity index (χ2n) is 8.71. The van der Waals surface area contributed by atoms with Crippen LogP contribution in [0.25, 0.3) is 10.4 Å². The molecule has 3 amide bonds. The summed E-state index contributed by atoms with van der Waals surface area (Å²) in [7, 11) is 0. The van der Waals surface area contributed by atoms with Gasteiger partial charge in [0.2, 0.25) is 11.9 Å². The van der Waals surface area contributed by atoms with Crippen LogP contribution in [0.3, 0.4) is 0 Å². The number of amides is 3. The Morgan fingerprint density at radius 2 is 1.84 bits per heavy atom. The highest BCUT2D eigenvalue weighted by atomic mass is 32.1. The normalized spacial score (nSPS) is 15.1. The van der Waals surface area contributed by atoms with Gasteiger partial charge in [-0.3, -0.25) is 4.79 Å². The maximum Gasteiger partial charge on any atom is 0.433 e. The number of carbonyl (C=O) groups is 2. The Morgan fingerprint density at radius 3 is 2.51 bits per heavy atom. The van der Waals surface area contributed by atoms with Gasteiger partial charge in [0.05, 0.1) is 4.88 Å². The molecule has 0 saturated heterocycles. The number of nitrogens with two attached hydrogens (primary N) is 1. The summed E-state index contributed by atoms with van der Waals surface area (Å²) in [6, 6.07) is 5.28. The molecule has 1 aliphatic rings. The first-order chi connectivity index (χ1) is 17.6. The van der Waals surface area contributed by atoms with Crippen LogP contribution in [-0.2, 0) is 16.4 Å². The third kappa shape index (κ3) is 5.98. The van der Waals surface area contributed by atoms with Crippen LogP contribution in [0.15, 0.2) is 36.7 Å². The number of alkyl halides is 3. The Kier molecular flexibility index (Phi) is 7.62. The molecule has 2 heterocycles. The number of rotatable bonds is 7. The molecule has 5 N–H and O–H groups in total. The van der Waals surface area contributed by atoms with Crippen LogP contribution in [0.1, 0.15) is 49.7 Å². The number of urea groups is 1. The number of hydrogen-bond donors (Lipinski definition) is 4. The van der Waals surface area contributed by atoms with Crippen LogP contribution in [0.4, 0.5) is 35.3 Å². The van der Waals surface area contributed by atoms with Gasteiger partial charge in [-0.1, -0.05) is 19.3 Å². The van der Waals surface area contributed by atoms with Gasteiger partial charge in [-0.15, -0.1) is 11.3 Å².